The predicted molar refractivity (Wildman–Crippen MR) is 94.0 cm³/mol. The van der Waals surface area contributed by atoms with E-state index >= 15 is 0 Å². The van der Waals surface area contributed by atoms with Crippen LogP contribution in [0.2, 0.25) is 0 Å². The van der Waals surface area contributed by atoms with Gasteiger partial charge in [-0.2, -0.15) is 0 Å². The highest BCUT2D eigenvalue weighted by atomic mass is 32.2. The van der Waals surface area contributed by atoms with Gasteiger partial charge in [0, 0.05) is 19.0 Å². The Hall–Kier alpha value is -1.76. The normalized spacial score (nSPS) is 19.5. The van der Waals surface area contributed by atoms with Crippen molar-refractivity contribution in [1.82, 2.24) is 0 Å². The number of rotatable bonds is 5. The summed E-state index contributed by atoms with van der Waals surface area (Å²) >= 11 is 0. The molecule has 7 heteroatoms. The molecule has 0 bridgehead atoms. The zero-order valence-corrected chi connectivity index (χ0v) is 14.8. The van der Waals surface area contributed by atoms with Gasteiger partial charge in [-0.1, -0.05) is 19.3 Å². The number of sulfonamides is 1. The van der Waals surface area contributed by atoms with E-state index < -0.39 is 10.0 Å². The fourth-order valence-corrected chi connectivity index (χ4v) is 5.07. The molecule has 0 radical (unpaired) electrons. The topological polar surface area (TPSA) is 75.7 Å². The number of methoxy groups -OCH3 is 1. The van der Waals surface area contributed by atoms with Crippen LogP contribution in [0.5, 0.6) is 5.75 Å². The van der Waals surface area contributed by atoms with Gasteiger partial charge in [-0.3, -0.25) is 9.52 Å². The Balaban J connectivity index is 1.80. The highest BCUT2D eigenvalue weighted by molar-refractivity contribution is 7.93. The van der Waals surface area contributed by atoms with Gasteiger partial charge < -0.3 is 9.64 Å². The Morgan fingerprint density at radius 1 is 1.17 bits per heavy atom. The molecule has 6 nitrogen and oxygen atoms in total. The zero-order valence-electron chi connectivity index (χ0n) is 14.0. The van der Waals surface area contributed by atoms with E-state index in [1.807, 2.05) is 0 Å². The third kappa shape index (κ3) is 3.50. The highest BCUT2D eigenvalue weighted by Crippen LogP contribution is 2.34. The Morgan fingerprint density at radius 2 is 1.92 bits per heavy atom. The lowest BCUT2D eigenvalue weighted by Gasteiger charge is -2.23. The number of nitrogens with one attached hydrogen (secondary N) is 1. The minimum atomic E-state index is -3.39. The van der Waals surface area contributed by atoms with Crippen molar-refractivity contribution in [3.8, 4) is 5.75 Å². The fraction of sp³-hybridized carbons (Fsp3) is 0.588. The Morgan fingerprint density at radius 3 is 2.54 bits per heavy atom. The Bertz CT molecular complexity index is 711. The monoisotopic (exact) mass is 352 g/mol. The van der Waals surface area contributed by atoms with E-state index in [0.29, 0.717) is 42.9 Å². The summed E-state index contributed by atoms with van der Waals surface area (Å²) < 4.78 is 33.1. The molecule has 3 rings (SSSR count). The summed E-state index contributed by atoms with van der Waals surface area (Å²) in [6.07, 6.45) is 5.84. The molecular weight excluding hydrogens is 328 g/mol. The van der Waals surface area contributed by atoms with E-state index in [1.54, 1.807) is 23.1 Å². The standard InChI is InChI=1S/C17H24N2O4S/c1-23-16-12-13(9-10-15(16)19-11-5-8-17(19)20)18-24(21,22)14-6-3-2-4-7-14/h9-10,12,14,18H,2-8,11H2,1H3. The van der Waals surface area contributed by atoms with Crippen molar-refractivity contribution in [3.05, 3.63) is 18.2 Å². The zero-order chi connectivity index (χ0) is 17.2. The van der Waals surface area contributed by atoms with Gasteiger partial charge >= 0.3 is 0 Å². The molecule has 0 atom stereocenters. The number of amides is 1. The Kier molecular flexibility index (Phi) is 4.99. The number of ether oxygens (including phenoxy) is 1. The van der Waals surface area contributed by atoms with Crippen LogP contribution in [0, 0.1) is 0 Å². The number of anilines is 2. The van der Waals surface area contributed by atoms with Crippen LogP contribution in [-0.4, -0.2) is 33.2 Å². The maximum Gasteiger partial charge on any atom is 0.235 e. The number of hydrogen-bond donors (Lipinski definition) is 1. The summed E-state index contributed by atoms with van der Waals surface area (Å²) in [5.41, 5.74) is 1.17. The first kappa shape index (κ1) is 17.1. The van der Waals surface area contributed by atoms with Crippen molar-refractivity contribution in [1.29, 1.82) is 0 Å². The molecular formula is C17H24N2O4S. The van der Waals surface area contributed by atoms with Gasteiger partial charge in [0.2, 0.25) is 15.9 Å². The first-order valence-corrected chi connectivity index (χ1v) is 10.1. The Labute approximate surface area is 143 Å². The van der Waals surface area contributed by atoms with Crippen molar-refractivity contribution >= 4 is 27.3 Å². The molecule has 1 aliphatic carbocycles. The first-order chi connectivity index (χ1) is 11.5. The van der Waals surface area contributed by atoms with Crippen LogP contribution in [0.25, 0.3) is 0 Å². The van der Waals surface area contributed by atoms with Crippen LogP contribution in [0.1, 0.15) is 44.9 Å². The van der Waals surface area contributed by atoms with Crippen LogP contribution >= 0.6 is 0 Å². The molecule has 1 amide bonds. The average Bonchev–Trinajstić information content (AvgIpc) is 3.01. The van der Waals surface area contributed by atoms with E-state index in [-0.39, 0.29) is 11.2 Å². The second-order valence-electron chi connectivity index (χ2n) is 6.44. The summed E-state index contributed by atoms with van der Waals surface area (Å²) in [7, 11) is -1.86. The van der Waals surface area contributed by atoms with Crippen molar-refractivity contribution < 1.29 is 17.9 Å². The fourth-order valence-electron chi connectivity index (χ4n) is 3.49. The number of carbonyl (C=O) groups is 1. The van der Waals surface area contributed by atoms with E-state index in [9.17, 15) is 13.2 Å². The summed E-state index contributed by atoms with van der Waals surface area (Å²) in [5.74, 6) is 0.581. The molecule has 0 unspecified atom stereocenters. The lowest BCUT2D eigenvalue weighted by molar-refractivity contribution is -0.117. The molecule has 1 N–H and O–H groups in total. The summed E-state index contributed by atoms with van der Waals surface area (Å²) in [6, 6.07) is 5.10. The van der Waals surface area contributed by atoms with E-state index in [4.69, 9.17) is 4.74 Å². The smallest absolute Gasteiger partial charge is 0.235 e. The molecule has 1 saturated heterocycles. The number of carbonyl (C=O) groups excluding carboxylic acids is 1. The third-order valence-electron chi connectivity index (χ3n) is 4.80. The molecule has 2 fully saturated rings. The second-order valence-corrected chi connectivity index (χ2v) is 8.40. The highest BCUT2D eigenvalue weighted by Gasteiger charge is 2.28. The minimum absolute atomic E-state index is 0.0730. The van der Waals surface area contributed by atoms with Crippen molar-refractivity contribution in [3.63, 3.8) is 0 Å². The first-order valence-electron chi connectivity index (χ1n) is 8.51. The van der Waals surface area contributed by atoms with Gasteiger partial charge in [0.25, 0.3) is 0 Å². The molecule has 1 aromatic rings. The van der Waals surface area contributed by atoms with Crippen LogP contribution in [0.4, 0.5) is 11.4 Å². The molecule has 132 valence electrons. The summed E-state index contributed by atoms with van der Waals surface area (Å²) in [5, 5.41) is -0.322. The lowest BCUT2D eigenvalue weighted by atomic mass is 10.0. The van der Waals surface area contributed by atoms with E-state index in [1.165, 1.54) is 7.11 Å². The van der Waals surface area contributed by atoms with Gasteiger partial charge in [0.15, 0.2) is 0 Å². The predicted octanol–water partition coefficient (Wildman–Crippen LogP) is 2.90. The quantitative estimate of drug-likeness (QED) is 0.884. The third-order valence-corrected chi connectivity index (χ3v) is 6.66. The lowest BCUT2D eigenvalue weighted by Crippen LogP contribution is -2.29. The van der Waals surface area contributed by atoms with Gasteiger partial charge in [-0.05, 0) is 31.4 Å². The van der Waals surface area contributed by atoms with Gasteiger partial charge in [0.05, 0.1) is 23.7 Å². The molecule has 2 aliphatic rings. The molecule has 1 saturated carbocycles. The van der Waals surface area contributed by atoms with Crippen LogP contribution in [0.3, 0.4) is 0 Å². The second kappa shape index (κ2) is 7.01. The van der Waals surface area contributed by atoms with Gasteiger partial charge in [-0.25, -0.2) is 8.42 Å². The van der Waals surface area contributed by atoms with Crippen LogP contribution in [0.15, 0.2) is 18.2 Å². The molecule has 24 heavy (non-hydrogen) atoms. The minimum Gasteiger partial charge on any atom is -0.494 e. The average molecular weight is 352 g/mol. The molecule has 0 spiro atoms. The number of hydrogen-bond acceptors (Lipinski definition) is 4. The number of nitrogens with zero attached hydrogens (tertiary/aromatic N) is 1. The van der Waals surface area contributed by atoms with Crippen LogP contribution < -0.4 is 14.4 Å². The van der Waals surface area contributed by atoms with Crippen molar-refractivity contribution in [2.24, 2.45) is 0 Å². The summed E-state index contributed by atoms with van der Waals surface area (Å²) in [4.78, 5) is 13.6. The van der Waals surface area contributed by atoms with Gasteiger partial charge in [0.1, 0.15) is 5.75 Å². The van der Waals surface area contributed by atoms with Crippen molar-refractivity contribution in [2.45, 2.75) is 50.2 Å². The van der Waals surface area contributed by atoms with E-state index in [0.717, 1.165) is 25.7 Å². The molecule has 1 aromatic carbocycles. The number of benzene rings is 1. The maximum absolute atomic E-state index is 12.5. The molecule has 1 aliphatic heterocycles. The van der Waals surface area contributed by atoms with Crippen molar-refractivity contribution in [2.75, 3.05) is 23.3 Å². The molecule has 0 aromatic heterocycles. The van der Waals surface area contributed by atoms with Crippen LogP contribution in [-0.2, 0) is 14.8 Å². The van der Waals surface area contributed by atoms with Gasteiger partial charge in [-0.15, -0.1) is 0 Å². The summed E-state index contributed by atoms with van der Waals surface area (Å²) in [6.45, 7) is 0.669. The maximum atomic E-state index is 12.5. The largest absolute Gasteiger partial charge is 0.494 e. The van der Waals surface area contributed by atoms with E-state index in [2.05, 4.69) is 4.72 Å². The molecule has 1 heterocycles. The SMILES string of the molecule is COc1cc(NS(=O)(=O)C2CCCCC2)ccc1N1CCCC1=O.